The summed E-state index contributed by atoms with van der Waals surface area (Å²) in [5.74, 6) is 0.123. The molecule has 0 bridgehead atoms. The van der Waals surface area contributed by atoms with E-state index in [0.29, 0.717) is 12.1 Å². The van der Waals surface area contributed by atoms with Gasteiger partial charge in [0, 0.05) is 30.6 Å². The number of nitrogens with one attached hydrogen (secondary N) is 1. The Balaban J connectivity index is 1.83. The average molecular weight is 281 g/mol. The summed E-state index contributed by atoms with van der Waals surface area (Å²) in [6.07, 6.45) is 5.33. The zero-order valence-electron chi connectivity index (χ0n) is 11.3. The first-order valence-electron chi connectivity index (χ1n) is 6.56. The number of imidazole rings is 1. The van der Waals surface area contributed by atoms with Gasteiger partial charge < -0.3 is 20.1 Å². The van der Waals surface area contributed by atoms with Gasteiger partial charge in [-0.3, -0.25) is 0 Å². The minimum atomic E-state index is 0.0510. The van der Waals surface area contributed by atoms with Crippen LogP contribution in [0.5, 0.6) is 11.5 Å². The molecule has 0 aliphatic heterocycles. The first kappa shape index (κ1) is 13.1. The van der Waals surface area contributed by atoms with E-state index in [1.54, 1.807) is 24.7 Å². The molecule has 0 amide bonds. The maximum Gasteiger partial charge on any atom is 0.124 e. The van der Waals surface area contributed by atoms with Crippen molar-refractivity contribution in [2.75, 3.05) is 5.32 Å². The molecular weight excluding hydrogens is 266 g/mol. The summed E-state index contributed by atoms with van der Waals surface area (Å²) in [6.45, 7) is 0.456. The van der Waals surface area contributed by atoms with Gasteiger partial charge in [0.2, 0.25) is 0 Å². The van der Waals surface area contributed by atoms with E-state index in [1.165, 1.54) is 6.07 Å². The van der Waals surface area contributed by atoms with Crippen LogP contribution in [0.3, 0.4) is 0 Å². The second-order valence-electron chi connectivity index (χ2n) is 4.65. The number of aromatic nitrogens is 2. The lowest BCUT2D eigenvalue weighted by atomic mass is 10.2. The van der Waals surface area contributed by atoms with E-state index in [4.69, 9.17) is 0 Å². The predicted octanol–water partition coefficient (Wildman–Crippen LogP) is 2.90. The Hall–Kier alpha value is -2.95. The van der Waals surface area contributed by atoms with Crippen LogP contribution >= 0.6 is 0 Å². The van der Waals surface area contributed by atoms with Gasteiger partial charge in [-0.1, -0.05) is 12.1 Å². The summed E-state index contributed by atoms with van der Waals surface area (Å²) in [7, 11) is 0. The molecule has 1 aromatic heterocycles. The third-order valence-corrected chi connectivity index (χ3v) is 3.22. The topological polar surface area (TPSA) is 70.3 Å². The summed E-state index contributed by atoms with van der Waals surface area (Å²) in [5.41, 5.74) is 2.63. The molecule has 0 radical (unpaired) electrons. The first-order chi connectivity index (χ1) is 10.2. The standard InChI is InChI=1S/C16H15N3O2/c20-13-6-5-12(16(21)9-13)10-18-14-3-1-2-4-15(14)19-8-7-17-11-19/h1-9,11,18,20-21H,10H2. The van der Waals surface area contributed by atoms with E-state index in [9.17, 15) is 10.2 Å². The maximum atomic E-state index is 9.81. The molecule has 21 heavy (non-hydrogen) atoms. The minimum Gasteiger partial charge on any atom is -0.508 e. The van der Waals surface area contributed by atoms with Gasteiger partial charge in [-0.25, -0.2) is 4.98 Å². The van der Waals surface area contributed by atoms with Crippen molar-refractivity contribution in [3.05, 3.63) is 66.7 Å². The molecule has 3 rings (SSSR count). The van der Waals surface area contributed by atoms with E-state index in [0.717, 1.165) is 11.4 Å². The SMILES string of the molecule is Oc1ccc(CNc2ccccc2-n2ccnc2)c(O)c1. The molecule has 5 heteroatoms. The van der Waals surface area contributed by atoms with Gasteiger partial charge in [-0.05, 0) is 24.3 Å². The van der Waals surface area contributed by atoms with Crippen LogP contribution in [-0.4, -0.2) is 19.8 Å². The Morgan fingerprint density at radius 1 is 1.10 bits per heavy atom. The number of rotatable bonds is 4. The average Bonchev–Trinajstić information content (AvgIpc) is 3.01. The molecule has 1 heterocycles. The van der Waals surface area contributed by atoms with E-state index >= 15 is 0 Å². The highest BCUT2D eigenvalue weighted by Crippen LogP contribution is 2.25. The smallest absolute Gasteiger partial charge is 0.124 e. The molecule has 0 fully saturated rings. The molecule has 0 saturated heterocycles. The monoisotopic (exact) mass is 281 g/mol. The van der Waals surface area contributed by atoms with Crippen LogP contribution in [0.15, 0.2) is 61.2 Å². The van der Waals surface area contributed by atoms with Gasteiger partial charge in [0.05, 0.1) is 17.7 Å². The molecule has 0 aliphatic carbocycles. The van der Waals surface area contributed by atoms with E-state index < -0.39 is 0 Å². The molecule has 0 aliphatic rings. The van der Waals surface area contributed by atoms with Crippen molar-refractivity contribution in [2.45, 2.75) is 6.54 Å². The fourth-order valence-electron chi connectivity index (χ4n) is 2.14. The van der Waals surface area contributed by atoms with Crippen LogP contribution in [-0.2, 0) is 6.54 Å². The lowest BCUT2D eigenvalue weighted by Crippen LogP contribution is -2.03. The number of hydrogen-bond donors (Lipinski definition) is 3. The third kappa shape index (κ3) is 2.81. The molecule has 0 saturated carbocycles. The molecule has 2 aromatic carbocycles. The van der Waals surface area contributed by atoms with E-state index in [1.807, 2.05) is 35.0 Å². The van der Waals surface area contributed by atoms with Crippen LogP contribution in [0.1, 0.15) is 5.56 Å². The number of nitrogens with zero attached hydrogens (tertiary/aromatic N) is 2. The van der Waals surface area contributed by atoms with Gasteiger partial charge >= 0.3 is 0 Å². The van der Waals surface area contributed by atoms with E-state index in [-0.39, 0.29) is 11.5 Å². The molecule has 0 atom stereocenters. The zero-order chi connectivity index (χ0) is 14.7. The molecule has 0 unspecified atom stereocenters. The Morgan fingerprint density at radius 3 is 2.71 bits per heavy atom. The Morgan fingerprint density at radius 2 is 1.95 bits per heavy atom. The van der Waals surface area contributed by atoms with Crippen LogP contribution < -0.4 is 5.32 Å². The van der Waals surface area contributed by atoms with Crippen molar-refractivity contribution in [2.24, 2.45) is 0 Å². The second-order valence-corrected chi connectivity index (χ2v) is 4.65. The van der Waals surface area contributed by atoms with Crippen LogP contribution in [0.2, 0.25) is 0 Å². The van der Waals surface area contributed by atoms with Gasteiger partial charge in [-0.15, -0.1) is 0 Å². The van der Waals surface area contributed by atoms with Crippen LogP contribution in [0.25, 0.3) is 5.69 Å². The third-order valence-electron chi connectivity index (χ3n) is 3.22. The number of anilines is 1. The number of aromatic hydroxyl groups is 2. The predicted molar refractivity (Wildman–Crippen MR) is 80.7 cm³/mol. The van der Waals surface area contributed by atoms with Gasteiger partial charge in [0.1, 0.15) is 11.5 Å². The molecule has 3 N–H and O–H groups in total. The van der Waals surface area contributed by atoms with Crippen molar-refractivity contribution in [3.63, 3.8) is 0 Å². The number of benzene rings is 2. The maximum absolute atomic E-state index is 9.81. The van der Waals surface area contributed by atoms with Crippen molar-refractivity contribution in [1.29, 1.82) is 0 Å². The quantitative estimate of drug-likeness (QED) is 0.687. The zero-order valence-corrected chi connectivity index (χ0v) is 11.3. The lowest BCUT2D eigenvalue weighted by Gasteiger charge is -2.13. The van der Waals surface area contributed by atoms with E-state index in [2.05, 4.69) is 10.3 Å². The molecular formula is C16H15N3O2. The summed E-state index contributed by atoms with van der Waals surface area (Å²) >= 11 is 0. The van der Waals surface area contributed by atoms with Crippen molar-refractivity contribution < 1.29 is 10.2 Å². The molecule has 3 aromatic rings. The number of phenolic OH excluding ortho intramolecular Hbond substituents is 2. The van der Waals surface area contributed by atoms with Gasteiger partial charge in [0.25, 0.3) is 0 Å². The highest BCUT2D eigenvalue weighted by Gasteiger charge is 2.06. The fourth-order valence-corrected chi connectivity index (χ4v) is 2.14. The van der Waals surface area contributed by atoms with Crippen molar-refractivity contribution in [1.82, 2.24) is 9.55 Å². The Bertz CT molecular complexity index is 739. The summed E-state index contributed by atoms with van der Waals surface area (Å²) in [6, 6.07) is 12.4. The van der Waals surface area contributed by atoms with Gasteiger partial charge in [0.15, 0.2) is 0 Å². The first-order valence-corrected chi connectivity index (χ1v) is 6.56. The molecule has 5 nitrogen and oxygen atoms in total. The van der Waals surface area contributed by atoms with Crippen LogP contribution in [0.4, 0.5) is 5.69 Å². The van der Waals surface area contributed by atoms with Crippen molar-refractivity contribution in [3.8, 4) is 17.2 Å². The Kier molecular flexibility index (Phi) is 3.47. The van der Waals surface area contributed by atoms with Gasteiger partial charge in [-0.2, -0.15) is 0 Å². The molecule has 0 spiro atoms. The lowest BCUT2D eigenvalue weighted by molar-refractivity contribution is 0.446. The summed E-state index contributed by atoms with van der Waals surface area (Å²) in [4.78, 5) is 4.05. The minimum absolute atomic E-state index is 0.0510. The number of para-hydroxylation sites is 2. The summed E-state index contributed by atoms with van der Waals surface area (Å²) in [5, 5.41) is 22.4. The highest BCUT2D eigenvalue weighted by atomic mass is 16.3. The molecule has 106 valence electrons. The fraction of sp³-hybridized carbons (Fsp3) is 0.0625. The van der Waals surface area contributed by atoms with Crippen LogP contribution in [0, 0.1) is 0 Å². The number of hydrogen-bond acceptors (Lipinski definition) is 4. The summed E-state index contributed by atoms with van der Waals surface area (Å²) < 4.78 is 1.92. The Labute approximate surface area is 122 Å². The normalized spacial score (nSPS) is 10.5. The largest absolute Gasteiger partial charge is 0.508 e. The number of phenols is 2. The highest BCUT2D eigenvalue weighted by molar-refractivity contribution is 5.61. The second kappa shape index (κ2) is 5.58. The van der Waals surface area contributed by atoms with Crippen molar-refractivity contribution >= 4 is 5.69 Å².